The summed E-state index contributed by atoms with van der Waals surface area (Å²) in [7, 11) is 1.88. The van der Waals surface area contributed by atoms with Crippen molar-refractivity contribution in [3.63, 3.8) is 0 Å². The fraction of sp³-hybridized carbons (Fsp3) is 0.273. The van der Waals surface area contributed by atoms with Crippen LogP contribution in [0, 0.1) is 12.7 Å². The average Bonchev–Trinajstić information content (AvgIpc) is 3.19. The van der Waals surface area contributed by atoms with Gasteiger partial charge in [-0.25, -0.2) is 14.4 Å². The van der Waals surface area contributed by atoms with E-state index in [0.29, 0.717) is 52.8 Å². The highest BCUT2D eigenvalue weighted by molar-refractivity contribution is 6.30. The molecule has 7 nitrogen and oxygen atoms in total. The van der Waals surface area contributed by atoms with E-state index in [0.717, 1.165) is 11.3 Å². The molecule has 1 aromatic carbocycles. The van der Waals surface area contributed by atoms with Crippen molar-refractivity contribution in [1.29, 1.82) is 0 Å². The lowest BCUT2D eigenvalue weighted by Crippen LogP contribution is -2.38. The summed E-state index contributed by atoms with van der Waals surface area (Å²) in [4.78, 5) is 15.9. The van der Waals surface area contributed by atoms with E-state index < -0.39 is 5.82 Å². The van der Waals surface area contributed by atoms with E-state index in [-0.39, 0.29) is 6.10 Å². The fourth-order valence-electron chi connectivity index (χ4n) is 3.81. The number of anilines is 1. The van der Waals surface area contributed by atoms with Crippen LogP contribution in [0.1, 0.15) is 17.4 Å². The van der Waals surface area contributed by atoms with Crippen LogP contribution in [-0.4, -0.2) is 44.4 Å². The molecule has 1 aliphatic rings. The van der Waals surface area contributed by atoms with Gasteiger partial charge in [-0.05, 0) is 31.2 Å². The Morgan fingerprint density at radius 1 is 1.16 bits per heavy atom. The number of ether oxygens (including phenoxy) is 1. The van der Waals surface area contributed by atoms with Crippen LogP contribution in [0.2, 0.25) is 5.02 Å². The van der Waals surface area contributed by atoms with Gasteiger partial charge in [0.2, 0.25) is 0 Å². The molecule has 1 saturated heterocycles. The SMILES string of the molecule is Cc1cnc2c(-c3ccc(Cl)cc3F)cc(N3CCOC(c4cnn(C)c4)C3)nc2n1. The summed E-state index contributed by atoms with van der Waals surface area (Å²) >= 11 is 5.96. The molecular weight excluding hydrogens is 419 g/mol. The third kappa shape index (κ3) is 3.84. The second kappa shape index (κ2) is 7.86. The second-order valence-electron chi connectivity index (χ2n) is 7.59. The topological polar surface area (TPSA) is 69.0 Å². The lowest BCUT2D eigenvalue weighted by atomic mass is 10.0. The standard InChI is InChI=1S/C22H20ClFN6O/c1-13-9-25-21-17(16-4-3-15(23)7-18(16)24)8-20(28-22(21)27-13)30-5-6-31-19(12-30)14-10-26-29(2)11-14/h3-4,7-11,19H,5-6,12H2,1-2H3. The summed E-state index contributed by atoms with van der Waals surface area (Å²) in [5.41, 5.74) is 3.82. The van der Waals surface area contributed by atoms with Crippen molar-refractivity contribution in [2.45, 2.75) is 13.0 Å². The van der Waals surface area contributed by atoms with Gasteiger partial charge in [-0.3, -0.25) is 9.67 Å². The highest BCUT2D eigenvalue weighted by atomic mass is 35.5. The highest BCUT2D eigenvalue weighted by Crippen LogP contribution is 2.34. The number of nitrogens with zero attached hydrogens (tertiary/aromatic N) is 6. The van der Waals surface area contributed by atoms with E-state index >= 15 is 0 Å². The zero-order valence-electron chi connectivity index (χ0n) is 17.1. The molecular formula is C22H20ClFN6O. The third-order valence-electron chi connectivity index (χ3n) is 5.33. The molecule has 5 rings (SSSR count). The first-order valence-corrected chi connectivity index (χ1v) is 10.3. The first-order valence-electron chi connectivity index (χ1n) is 9.93. The Kier molecular flexibility index (Phi) is 5.03. The van der Waals surface area contributed by atoms with Gasteiger partial charge in [-0.15, -0.1) is 0 Å². The second-order valence-corrected chi connectivity index (χ2v) is 8.03. The summed E-state index contributed by atoms with van der Waals surface area (Å²) in [6.45, 7) is 3.67. The van der Waals surface area contributed by atoms with Gasteiger partial charge >= 0.3 is 0 Å². The summed E-state index contributed by atoms with van der Waals surface area (Å²) in [5.74, 6) is 0.289. The Bertz CT molecular complexity index is 1280. The number of aryl methyl sites for hydroxylation is 2. The van der Waals surface area contributed by atoms with E-state index in [1.165, 1.54) is 6.07 Å². The molecule has 0 N–H and O–H groups in total. The minimum Gasteiger partial charge on any atom is -0.370 e. The molecule has 9 heteroatoms. The first-order chi connectivity index (χ1) is 15.0. The van der Waals surface area contributed by atoms with Crippen molar-refractivity contribution >= 4 is 28.6 Å². The van der Waals surface area contributed by atoms with E-state index in [2.05, 4.69) is 20.0 Å². The van der Waals surface area contributed by atoms with Gasteiger partial charge in [-0.1, -0.05) is 11.6 Å². The fourth-order valence-corrected chi connectivity index (χ4v) is 3.97. The van der Waals surface area contributed by atoms with Crippen LogP contribution in [-0.2, 0) is 11.8 Å². The molecule has 3 aromatic heterocycles. The number of pyridine rings is 1. The number of halogens is 2. The van der Waals surface area contributed by atoms with Crippen molar-refractivity contribution in [2.24, 2.45) is 7.05 Å². The number of morpholine rings is 1. The summed E-state index contributed by atoms with van der Waals surface area (Å²) < 4.78 is 22.5. The van der Waals surface area contributed by atoms with E-state index in [4.69, 9.17) is 21.3 Å². The molecule has 1 fully saturated rings. The average molecular weight is 439 g/mol. The van der Waals surface area contributed by atoms with Gasteiger partial charge in [0.25, 0.3) is 0 Å². The zero-order valence-corrected chi connectivity index (χ0v) is 17.8. The smallest absolute Gasteiger partial charge is 0.181 e. The number of aromatic nitrogens is 5. The normalized spacial score (nSPS) is 16.8. The minimum atomic E-state index is -0.413. The summed E-state index contributed by atoms with van der Waals surface area (Å²) in [6.07, 6.45) is 5.30. The van der Waals surface area contributed by atoms with Crippen LogP contribution in [0.4, 0.5) is 10.2 Å². The lowest BCUT2D eigenvalue weighted by Gasteiger charge is -2.33. The Labute approximate surface area is 183 Å². The van der Waals surface area contributed by atoms with Crippen LogP contribution in [0.5, 0.6) is 0 Å². The Balaban J connectivity index is 1.60. The van der Waals surface area contributed by atoms with Crippen LogP contribution in [0.25, 0.3) is 22.3 Å². The van der Waals surface area contributed by atoms with Gasteiger partial charge < -0.3 is 9.64 Å². The molecule has 0 saturated carbocycles. The van der Waals surface area contributed by atoms with Crippen LogP contribution < -0.4 is 4.90 Å². The first kappa shape index (κ1) is 19.8. The quantitative estimate of drug-likeness (QED) is 0.479. The van der Waals surface area contributed by atoms with Crippen molar-refractivity contribution in [3.8, 4) is 11.1 Å². The molecule has 0 aliphatic carbocycles. The Morgan fingerprint density at radius 3 is 2.81 bits per heavy atom. The lowest BCUT2D eigenvalue weighted by molar-refractivity contribution is 0.0395. The molecule has 4 heterocycles. The Morgan fingerprint density at radius 2 is 2.03 bits per heavy atom. The van der Waals surface area contributed by atoms with Crippen molar-refractivity contribution < 1.29 is 9.13 Å². The van der Waals surface area contributed by atoms with Gasteiger partial charge in [0.05, 0.1) is 18.5 Å². The maximum atomic E-state index is 14.8. The summed E-state index contributed by atoms with van der Waals surface area (Å²) in [5, 5.41) is 4.58. The predicted molar refractivity (Wildman–Crippen MR) is 117 cm³/mol. The van der Waals surface area contributed by atoms with Crippen LogP contribution >= 0.6 is 11.6 Å². The molecule has 0 spiro atoms. The molecule has 1 unspecified atom stereocenters. The van der Waals surface area contributed by atoms with E-state index in [1.54, 1.807) is 23.0 Å². The van der Waals surface area contributed by atoms with Gasteiger partial charge in [0.1, 0.15) is 23.3 Å². The summed E-state index contributed by atoms with van der Waals surface area (Å²) in [6, 6.07) is 6.50. The van der Waals surface area contributed by atoms with Crippen molar-refractivity contribution in [3.05, 3.63) is 65.0 Å². The van der Waals surface area contributed by atoms with Gasteiger partial charge in [0, 0.05) is 54.2 Å². The van der Waals surface area contributed by atoms with Gasteiger partial charge in [0.15, 0.2) is 5.65 Å². The molecule has 0 radical (unpaired) electrons. The number of rotatable bonds is 3. The molecule has 1 aliphatic heterocycles. The number of hydrogen-bond acceptors (Lipinski definition) is 6. The molecule has 31 heavy (non-hydrogen) atoms. The van der Waals surface area contributed by atoms with E-state index in [9.17, 15) is 4.39 Å². The minimum absolute atomic E-state index is 0.126. The molecule has 4 aromatic rings. The third-order valence-corrected chi connectivity index (χ3v) is 5.57. The van der Waals surface area contributed by atoms with E-state index in [1.807, 2.05) is 32.4 Å². The maximum Gasteiger partial charge on any atom is 0.181 e. The van der Waals surface area contributed by atoms with Crippen molar-refractivity contribution in [1.82, 2.24) is 24.7 Å². The number of hydrogen-bond donors (Lipinski definition) is 0. The maximum absolute atomic E-state index is 14.8. The number of benzene rings is 1. The van der Waals surface area contributed by atoms with Crippen LogP contribution in [0.15, 0.2) is 42.9 Å². The van der Waals surface area contributed by atoms with Gasteiger partial charge in [-0.2, -0.15) is 5.10 Å². The highest BCUT2D eigenvalue weighted by Gasteiger charge is 2.25. The monoisotopic (exact) mass is 438 g/mol. The molecule has 1 atom stereocenters. The largest absolute Gasteiger partial charge is 0.370 e. The molecule has 0 bridgehead atoms. The molecule has 158 valence electrons. The zero-order chi connectivity index (χ0) is 21.5. The number of fused-ring (bicyclic) bond motifs is 1. The predicted octanol–water partition coefficient (Wildman–Crippen LogP) is 4.10. The van der Waals surface area contributed by atoms with Crippen LogP contribution in [0.3, 0.4) is 0 Å². The molecule has 0 amide bonds. The Hall–Kier alpha value is -3.10. The van der Waals surface area contributed by atoms with Crippen molar-refractivity contribution in [2.75, 3.05) is 24.6 Å².